The minimum atomic E-state index is -1.10. The summed E-state index contributed by atoms with van der Waals surface area (Å²) in [5.41, 5.74) is 1.50. The van der Waals surface area contributed by atoms with E-state index in [0.717, 1.165) is 16.7 Å². The molecule has 2 aromatic carbocycles. The van der Waals surface area contributed by atoms with Gasteiger partial charge in [-0.05, 0) is 36.1 Å². The summed E-state index contributed by atoms with van der Waals surface area (Å²) in [7, 11) is 0. The van der Waals surface area contributed by atoms with Crippen LogP contribution in [0.15, 0.2) is 48.5 Å². The highest BCUT2D eigenvalue weighted by Crippen LogP contribution is 2.35. The molecule has 2 aromatic rings. The Hall–Kier alpha value is -1.02. The van der Waals surface area contributed by atoms with E-state index < -0.39 is 5.60 Å². The van der Waals surface area contributed by atoms with Crippen LogP contribution < -0.4 is 0 Å². The van der Waals surface area contributed by atoms with Gasteiger partial charge in [-0.1, -0.05) is 54.1 Å². The van der Waals surface area contributed by atoms with Gasteiger partial charge in [0, 0.05) is 10.9 Å². The van der Waals surface area contributed by atoms with Crippen molar-refractivity contribution in [3.05, 3.63) is 70.2 Å². The summed E-state index contributed by atoms with van der Waals surface area (Å²) >= 11 is 12.0. The second kappa shape index (κ2) is 5.96. The fraction of sp³-hybridized carbons (Fsp3) is 0.250. The van der Waals surface area contributed by atoms with Crippen LogP contribution in [0.2, 0.25) is 5.02 Å². The summed E-state index contributed by atoms with van der Waals surface area (Å²) in [6, 6.07) is 15.2. The van der Waals surface area contributed by atoms with Gasteiger partial charge in [-0.25, -0.2) is 0 Å². The molecule has 0 aromatic heterocycles. The van der Waals surface area contributed by atoms with Crippen LogP contribution in [0.4, 0.5) is 0 Å². The van der Waals surface area contributed by atoms with Crippen LogP contribution in [0, 0.1) is 6.92 Å². The van der Waals surface area contributed by atoms with Crippen LogP contribution in [-0.4, -0.2) is 11.0 Å². The second-order valence-corrected chi connectivity index (χ2v) is 5.41. The summed E-state index contributed by atoms with van der Waals surface area (Å²) in [5.74, 6) is 0.372. The molecule has 0 radical (unpaired) electrons. The maximum atomic E-state index is 11.0. The van der Waals surface area contributed by atoms with Crippen LogP contribution in [0.5, 0.6) is 0 Å². The molecule has 100 valence electrons. The van der Waals surface area contributed by atoms with Crippen LogP contribution in [-0.2, 0) is 5.60 Å². The lowest BCUT2D eigenvalue weighted by Gasteiger charge is -2.29. The molecule has 0 aliphatic heterocycles. The van der Waals surface area contributed by atoms with Crippen LogP contribution >= 0.6 is 23.2 Å². The average molecular weight is 295 g/mol. The topological polar surface area (TPSA) is 20.2 Å². The van der Waals surface area contributed by atoms with Gasteiger partial charge in [-0.3, -0.25) is 0 Å². The van der Waals surface area contributed by atoms with Crippen molar-refractivity contribution >= 4 is 23.2 Å². The number of hydrogen-bond acceptors (Lipinski definition) is 1. The van der Waals surface area contributed by atoms with Gasteiger partial charge in [0.15, 0.2) is 0 Å². The Morgan fingerprint density at radius 1 is 1.05 bits per heavy atom. The van der Waals surface area contributed by atoms with Crippen molar-refractivity contribution in [3.63, 3.8) is 0 Å². The molecular formula is C16H16Cl2O. The SMILES string of the molecule is Cc1ccc(C(O)(CCCl)c2ccccc2)cc1Cl. The third kappa shape index (κ3) is 2.94. The summed E-state index contributed by atoms with van der Waals surface area (Å²) < 4.78 is 0. The van der Waals surface area contributed by atoms with Crippen molar-refractivity contribution in [2.45, 2.75) is 18.9 Å². The number of alkyl halides is 1. The zero-order chi connectivity index (χ0) is 13.9. The lowest BCUT2D eigenvalue weighted by molar-refractivity contribution is 0.0775. The van der Waals surface area contributed by atoms with E-state index in [4.69, 9.17) is 23.2 Å². The largest absolute Gasteiger partial charge is 0.380 e. The summed E-state index contributed by atoms with van der Waals surface area (Å²) in [4.78, 5) is 0. The molecule has 0 heterocycles. The first-order chi connectivity index (χ1) is 9.08. The molecule has 0 fully saturated rings. The highest BCUT2D eigenvalue weighted by Gasteiger charge is 2.31. The summed E-state index contributed by atoms with van der Waals surface area (Å²) in [6.45, 7) is 1.94. The molecule has 1 atom stereocenters. The molecule has 1 nitrogen and oxygen atoms in total. The Morgan fingerprint density at radius 2 is 1.74 bits per heavy atom. The molecule has 0 aliphatic carbocycles. The monoisotopic (exact) mass is 294 g/mol. The average Bonchev–Trinajstić information content (AvgIpc) is 2.43. The minimum absolute atomic E-state index is 0.372. The standard InChI is InChI=1S/C16H16Cl2O/c1-12-7-8-14(11-15(12)18)16(19,9-10-17)13-5-3-2-4-6-13/h2-8,11,19H,9-10H2,1H3. The van der Waals surface area contributed by atoms with Crippen molar-refractivity contribution in [1.29, 1.82) is 0 Å². The Labute approximate surface area is 123 Å². The van der Waals surface area contributed by atoms with Gasteiger partial charge >= 0.3 is 0 Å². The van der Waals surface area contributed by atoms with E-state index in [1.807, 2.05) is 55.5 Å². The first-order valence-electron chi connectivity index (χ1n) is 6.18. The molecular weight excluding hydrogens is 279 g/mol. The number of aliphatic hydroxyl groups is 1. The number of aryl methyl sites for hydroxylation is 1. The zero-order valence-corrected chi connectivity index (χ0v) is 12.2. The zero-order valence-electron chi connectivity index (χ0n) is 10.7. The fourth-order valence-corrected chi connectivity index (χ4v) is 2.61. The maximum absolute atomic E-state index is 11.0. The van der Waals surface area contributed by atoms with Gasteiger partial charge in [-0.15, -0.1) is 11.6 Å². The van der Waals surface area contributed by atoms with Gasteiger partial charge in [0.2, 0.25) is 0 Å². The van der Waals surface area contributed by atoms with E-state index in [1.54, 1.807) is 0 Å². The van der Waals surface area contributed by atoms with Crippen molar-refractivity contribution in [2.24, 2.45) is 0 Å². The molecule has 0 aliphatic rings. The van der Waals surface area contributed by atoms with Crippen molar-refractivity contribution < 1.29 is 5.11 Å². The van der Waals surface area contributed by atoms with Gasteiger partial charge in [0.25, 0.3) is 0 Å². The van der Waals surface area contributed by atoms with E-state index in [0.29, 0.717) is 17.3 Å². The molecule has 0 spiro atoms. The Kier molecular flexibility index (Phi) is 4.51. The van der Waals surface area contributed by atoms with Crippen LogP contribution in [0.1, 0.15) is 23.1 Å². The molecule has 0 saturated heterocycles. The number of halogens is 2. The maximum Gasteiger partial charge on any atom is 0.116 e. The quantitative estimate of drug-likeness (QED) is 0.823. The predicted molar refractivity (Wildman–Crippen MR) is 81.0 cm³/mol. The molecule has 1 N–H and O–H groups in total. The number of hydrogen-bond donors (Lipinski definition) is 1. The van der Waals surface area contributed by atoms with Crippen LogP contribution in [0.25, 0.3) is 0 Å². The Morgan fingerprint density at radius 3 is 2.32 bits per heavy atom. The number of benzene rings is 2. The molecule has 19 heavy (non-hydrogen) atoms. The molecule has 1 unspecified atom stereocenters. The van der Waals surface area contributed by atoms with E-state index in [-0.39, 0.29) is 0 Å². The van der Waals surface area contributed by atoms with Crippen molar-refractivity contribution in [3.8, 4) is 0 Å². The highest BCUT2D eigenvalue weighted by atomic mass is 35.5. The highest BCUT2D eigenvalue weighted by molar-refractivity contribution is 6.31. The lowest BCUT2D eigenvalue weighted by atomic mass is 9.84. The molecule has 0 amide bonds. The first-order valence-corrected chi connectivity index (χ1v) is 7.09. The van der Waals surface area contributed by atoms with Gasteiger partial charge < -0.3 is 5.11 Å². The normalized spacial score (nSPS) is 14.1. The molecule has 0 saturated carbocycles. The van der Waals surface area contributed by atoms with Gasteiger partial charge in [-0.2, -0.15) is 0 Å². The van der Waals surface area contributed by atoms with Gasteiger partial charge in [0.1, 0.15) is 5.60 Å². The minimum Gasteiger partial charge on any atom is -0.380 e. The van der Waals surface area contributed by atoms with Gasteiger partial charge in [0.05, 0.1) is 0 Å². The third-order valence-electron chi connectivity index (χ3n) is 3.36. The smallest absolute Gasteiger partial charge is 0.116 e. The molecule has 0 bridgehead atoms. The number of rotatable bonds is 4. The predicted octanol–water partition coefficient (Wildman–Crippen LogP) is 4.51. The van der Waals surface area contributed by atoms with E-state index in [2.05, 4.69) is 0 Å². The fourth-order valence-electron chi connectivity index (χ4n) is 2.16. The first kappa shape index (κ1) is 14.4. The Bertz CT molecular complexity index is 554. The molecule has 3 heteroatoms. The van der Waals surface area contributed by atoms with E-state index in [1.165, 1.54) is 0 Å². The molecule has 2 rings (SSSR count). The van der Waals surface area contributed by atoms with Crippen molar-refractivity contribution in [2.75, 3.05) is 5.88 Å². The third-order valence-corrected chi connectivity index (χ3v) is 3.95. The summed E-state index contributed by atoms with van der Waals surface area (Å²) in [6.07, 6.45) is 0.442. The summed E-state index contributed by atoms with van der Waals surface area (Å²) in [5, 5.41) is 11.7. The van der Waals surface area contributed by atoms with E-state index >= 15 is 0 Å². The van der Waals surface area contributed by atoms with Crippen LogP contribution in [0.3, 0.4) is 0 Å². The Balaban J connectivity index is 2.52. The van der Waals surface area contributed by atoms with E-state index in [9.17, 15) is 5.11 Å². The lowest BCUT2D eigenvalue weighted by Crippen LogP contribution is -2.28. The second-order valence-electron chi connectivity index (χ2n) is 4.63. The van der Waals surface area contributed by atoms with Crippen molar-refractivity contribution in [1.82, 2.24) is 0 Å².